The van der Waals surface area contributed by atoms with E-state index in [0.29, 0.717) is 0 Å². The largest absolute Gasteiger partial charge is 0.465 e. The maximum atomic E-state index is 5.84. The highest BCUT2D eigenvalue weighted by atomic mass is 16.7. The zero-order chi connectivity index (χ0) is 14.5. The van der Waals surface area contributed by atoms with Crippen LogP contribution < -0.4 is 0 Å². The van der Waals surface area contributed by atoms with Gasteiger partial charge in [0.05, 0.1) is 12.9 Å². The van der Waals surface area contributed by atoms with E-state index in [9.17, 15) is 0 Å². The first-order valence-corrected chi connectivity index (χ1v) is 8.01. The van der Waals surface area contributed by atoms with E-state index >= 15 is 0 Å². The molecule has 0 aliphatic carbocycles. The predicted octanol–water partition coefficient (Wildman–Crippen LogP) is 3.30. The van der Waals surface area contributed by atoms with Gasteiger partial charge in [-0.1, -0.05) is 5.57 Å². The van der Waals surface area contributed by atoms with Gasteiger partial charge in [0.15, 0.2) is 6.29 Å². The summed E-state index contributed by atoms with van der Waals surface area (Å²) in [6.45, 7) is 6.81. The molecule has 1 aromatic heterocycles. The molecule has 3 heterocycles. The van der Waals surface area contributed by atoms with Gasteiger partial charge in [-0.25, -0.2) is 0 Å². The van der Waals surface area contributed by atoms with Crippen molar-refractivity contribution in [3.05, 3.63) is 29.7 Å². The van der Waals surface area contributed by atoms with Crippen LogP contribution in [-0.4, -0.2) is 44.0 Å². The fourth-order valence-electron chi connectivity index (χ4n) is 3.00. The van der Waals surface area contributed by atoms with E-state index in [1.165, 1.54) is 24.0 Å². The zero-order valence-corrected chi connectivity index (χ0v) is 12.8. The number of ether oxygens (including phenoxy) is 2. The van der Waals surface area contributed by atoms with Crippen molar-refractivity contribution in [2.75, 3.05) is 32.8 Å². The second kappa shape index (κ2) is 7.25. The van der Waals surface area contributed by atoms with Crippen LogP contribution in [0.4, 0.5) is 0 Å². The Bertz CT molecular complexity index is 460. The Morgan fingerprint density at radius 3 is 3.10 bits per heavy atom. The predicted molar refractivity (Wildman–Crippen MR) is 81.9 cm³/mol. The molecule has 0 bridgehead atoms. The maximum absolute atomic E-state index is 5.84. The number of nitrogens with zero attached hydrogens (tertiary/aromatic N) is 1. The van der Waals surface area contributed by atoms with Gasteiger partial charge >= 0.3 is 0 Å². The molecule has 116 valence electrons. The highest BCUT2D eigenvalue weighted by Crippen LogP contribution is 2.26. The summed E-state index contributed by atoms with van der Waals surface area (Å²) in [6.07, 6.45) is 6.30. The smallest absolute Gasteiger partial charge is 0.157 e. The molecule has 1 fully saturated rings. The molecule has 2 aliphatic heterocycles. The van der Waals surface area contributed by atoms with E-state index < -0.39 is 0 Å². The summed E-state index contributed by atoms with van der Waals surface area (Å²) in [5.74, 6) is 1.01. The standard InChI is InChI=1S/C17H25NO3/c1-14-7-8-18(13-15(14)16-5-4-11-19-16)9-12-21-17-6-2-3-10-20-17/h4-5,11,17H,2-3,6-10,12-13H2,1H3. The van der Waals surface area contributed by atoms with Crippen LogP contribution in [0.5, 0.6) is 0 Å². The molecule has 1 atom stereocenters. The first-order valence-electron chi connectivity index (χ1n) is 8.01. The van der Waals surface area contributed by atoms with E-state index in [-0.39, 0.29) is 6.29 Å². The highest BCUT2D eigenvalue weighted by Gasteiger charge is 2.20. The Morgan fingerprint density at radius 2 is 2.33 bits per heavy atom. The lowest BCUT2D eigenvalue weighted by Crippen LogP contribution is -2.35. The van der Waals surface area contributed by atoms with Crippen LogP contribution in [0, 0.1) is 0 Å². The van der Waals surface area contributed by atoms with Crippen molar-refractivity contribution in [3.8, 4) is 0 Å². The first-order chi connectivity index (χ1) is 10.3. The third-order valence-electron chi connectivity index (χ3n) is 4.37. The number of hydrogen-bond acceptors (Lipinski definition) is 4. The topological polar surface area (TPSA) is 34.8 Å². The molecule has 1 saturated heterocycles. The fraction of sp³-hybridized carbons (Fsp3) is 0.647. The van der Waals surface area contributed by atoms with Crippen molar-refractivity contribution >= 4 is 5.57 Å². The van der Waals surface area contributed by atoms with Crippen molar-refractivity contribution in [3.63, 3.8) is 0 Å². The molecule has 1 unspecified atom stereocenters. The molecule has 0 amide bonds. The van der Waals surface area contributed by atoms with Crippen LogP contribution in [0.1, 0.15) is 38.4 Å². The van der Waals surface area contributed by atoms with Crippen molar-refractivity contribution in [1.29, 1.82) is 0 Å². The Hall–Kier alpha value is -1.10. The Kier molecular flexibility index (Phi) is 5.12. The molecular weight excluding hydrogens is 266 g/mol. The summed E-state index contributed by atoms with van der Waals surface area (Å²) in [5, 5.41) is 0. The normalized spacial score (nSPS) is 24.5. The lowest BCUT2D eigenvalue weighted by Gasteiger charge is -2.30. The van der Waals surface area contributed by atoms with E-state index in [2.05, 4.69) is 17.9 Å². The lowest BCUT2D eigenvalue weighted by atomic mass is 9.99. The summed E-state index contributed by atoms with van der Waals surface area (Å²) >= 11 is 0. The van der Waals surface area contributed by atoms with Crippen molar-refractivity contribution in [2.24, 2.45) is 0 Å². The highest BCUT2D eigenvalue weighted by molar-refractivity contribution is 5.66. The van der Waals surface area contributed by atoms with Crippen LogP contribution in [0.2, 0.25) is 0 Å². The number of rotatable bonds is 5. The third-order valence-corrected chi connectivity index (χ3v) is 4.37. The summed E-state index contributed by atoms with van der Waals surface area (Å²) < 4.78 is 17.0. The quantitative estimate of drug-likeness (QED) is 0.833. The zero-order valence-electron chi connectivity index (χ0n) is 12.8. The molecule has 3 rings (SSSR count). The van der Waals surface area contributed by atoms with Crippen LogP contribution in [0.15, 0.2) is 28.4 Å². The average molecular weight is 291 g/mol. The van der Waals surface area contributed by atoms with Gasteiger partial charge in [0.1, 0.15) is 5.76 Å². The summed E-state index contributed by atoms with van der Waals surface area (Å²) in [5.41, 5.74) is 2.78. The summed E-state index contributed by atoms with van der Waals surface area (Å²) in [4.78, 5) is 2.44. The summed E-state index contributed by atoms with van der Waals surface area (Å²) in [6, 6.07) is 4.01. The second-order valence-corrected chi connectivity index (χ2v) is 5.93. The van der Waals surface area contributed by atoms with Gasteiger partial charge in [-0.05, 0) is 44.7 Å². The SMILES string of the molecule is CC1=C(c2ccco2)CN(CCOC2CCCCO2)CC1. The van der Waals surface area contributed by atoms with Gasteiger partial charge in [-0.3, -0.25) is 4.90 Å². The Labute approximate surface area is 126 Å². The molecule has 4 heteroatoms. The Balaban J connectivity index is 1.47. The van der Waals surface area contributed by atoms with Crippen LogP contribution in [0.25, 0.3) is 5.57 Å². The van der Waals surface area contributed by atoms with Crippen LogP contribution >= 0.6 is 0 Å². The average Bonchev–Trinajstić information content (AvgIpc) is 3.04. The summed E-state index contributed by atoms with van der Waals surface area (Å²) in [7, 11) is 0. The minimum absolute atomic E-state index is 0.0189. The molecule has 2 aliphatic rings. The molecular formula is C17H25NO3. The molecule has 0 aromatic carbocycles. The van der Waals surface area contributed by atoms with Gasteiger partial charge in [0.2, 0.25) is 0 Å². The van der Waals surface area contributed by atoms with Gasteiger partial charge < -0.3 is 13.9 Å². The van der Waals surface area contributed by atoms with E-state index in [1.54, 1.807) is 6.26 Å². The van der Waals surface area contributed by atoms with E-state index in [4.69, 9.17) is 13.9 Å². The minimum Gasteiger partial charge on any atom is -0.465 e. The van der Waals surface area contributed by atoms with E-state index in [1.807, 2.05) is 6.07 Å². The fourth-order valence-corrected chi connectivity index (χ4v) is 3.00. The monoisotopic (exact) mass is 291 g/mol. The molecule has 0 spiro atoms. The minimum atomic E-state index is 0.0189. The molecule has 21 heavy (non-hydrogen) atoms. The lowest BCUT2D eigenvalue weighted by molar-refractivity contribution is -0.164. The third kappa shape index (κ3) is 3.96. The Morgan fingerprint density at radius 1 is 1.38 bits per heavy atom. The van der Waals surface area contributed by atoms with Gasteiger partial charge in [0, 0.05) is 31.8 Å². The van der Waals surface area contributed by atoms with Gasteiger partial charge in [-0.15, -0.1) is 0 Å². The number of hydrogen-bond donors (Lipinski definition) is 0. The molecule has 0 radical (unpaired) electrons. The molecule has 0 N–H and O–H groups in total. The van der Waals surface area contributed by atoms with E-state index in [0.717, 1.165) is 51.4 Å². The van der Waals surface area contributed by atoms with Crippen molar-refractivity contribution in [1.82, 2.24) is 4.90 Å². The maximum Gasteiger partial charge on any atom is 0.157 e. The molecule has 4 nitrogen and oxygen atoms in total. The first kappa shape index (κ1) is 14.8. The molecule has 0 saturated carbocycles. The molecule has 1 aromatic rings. The second-order valence-electron chi connectivity index (χ2n) is 5.93. The van der Waals surface area contributed by atoms with Gasteiger partial charge in [0.25, 0.3) is 0 Å². The van der Waals surface area contributed by atoms with Crippen molar-refractivity contribution < 1.29 is 13.9 Å². The van der Waals surface area contributed by atoms with Gasteiger partial charge in [-0.2, -0.15) is 0 Å². The van der Waals surface area contributed by atoms with Crippen LogP contribution in [-0.2, 0) is 9.47 Å². The number of furan rings is 1. The van der Waals surface area contributed by atoms with Crippen LogP contribution in [0.3, 0.4) is 0 Å². The van der Waals surface area contributed by atoms with Crippen molar-refractivity contribution in [2.45, 2.75) is 38.9 Å².